The van der Waals surface area contributed by atoms with Crippen molar-refractivity contribution in [3.8, 4) is 16.9 Å². The molecule has 7 rings (SSSR count). The zero-order valence-corrected chi connectivity index (χ0v) is 21.7. The Morgan fingerprint density at radius 3 is 2.00 bits per heavy atom. The fourth-order valence-corrected chi connectivity index (χ4v) is 6.14. The Hall–Kier alpha value is -4.43. The third-order valence-corrected chi connectivity index (χ3v) is 8.02. The van der Waals surface area contributed by atoms with Crippen molar-refractivity contribution in [2.75, 3.05) is 0 Å². The third kappa shape index (κ3) is 3.22. The minimum Gasteiger partial charge on any atom is -0.309 e. The van der Waals surface area contributed by atoms with Crippen LogP contribution in [0, 0.1) is 20.8 Å². The summed E-state index contributed by atoms with van der Waals surface area (Å²) in [5, 5.41) is 7.69. The van der Waals surface area contributed by atoms with Crippen LogP contribution in [-0.2, 0) is 7.05 Å². The minimum atomic E-state index is 1.19. The molecule has 0 saturated carbocycles. The maximum Gasteiger partial charge on any atom is 0.220 e. The lowest BCUT2D eigenvalue weighted by atomic mass is 9.93. The molecule has 7 aromatic rings. The van der Waals surface area contributed by atoms with E-state index in [1.165, 1.54) is 77.0 Å². The fraction of sp³-hybridized carbons (Fsp3) is 0.114. The van der Waals surface area contributed by atoms with E-state index in [1.807, 2.05) is 0 Å². The maximum absolute atomic E-state index is 2.39. The van der Waals surface area contributed by atoms with Gasteiger partial charge in [-0.15, -0.1) is 0 Å². The molecule has 0 bridgehead atoms. The van der Waals surface area contributed by atoms with Crippen LogP contribution in [0.15, 0.2) is 103 Å². The van der Waals surface area contributed by atoms with Gasteiger partial charge in [0, 0.05) is 27.9 Å². The first-order valence-electron chi connectivity index (χ1n) is 12.9. The molecule has 0 radical (unpaired) electrons. The zero-order chi connectivity index (χ0) is 25.3. The quantitative estimate of drug-likeness (QED) is 0.174. The van der Waals surface area contributed by atoms with E-state index in [0.29, 0.717) is 0 Å². The van der Waals surface area contributed by atoms with Crippen molar-refractivity contribution in [1.29, 1.82) is 0 Å². The molecule has 0 saturated heterocycles. The van der Waals surface area contributed by atoms with Gasteiger partial charge in [0.05, 0.1) is 22.0 Å². The van der Waals surface area contributed by atoms with Crippen LogP contribution in [0.25, 0.3) is 60.3 Å². The van der Waals surface area contributed by atoms with Crippen LogP contribution in [0.1, 0.15) is 16.7 Å². The molecule has 0 amide bonds. The monoisotopic (exact) mass is 477 g/mol. The normalized spacial score (nSPS) is 11.8. The summed E-state index contributed by atoms with van der Waals surface area (Å²) in [6.45, 7) is 6.64. The van der Waals surface area contributed by atoms with Crippen LogP contribution in [0.5, 0.6) is 0 Å². The predicted molar refractivity (Wildman–Crippen MR) is 157 cm³/mol. The van der Waals surface area contributed by atoms with E-state index in [9.17, 15) is 0 Å². The summed E-state index contributed by atoms with van der Waals surface area (Å²) in [5.41, 5.74) is 10.2. The minimum absolute atomic E-state index is 1.19. The first-order chi connectivity index (χ1) is 18.0. The van der Waals surface area contributed by atoms with E-state index in [1.54, 1.807) is 0 Å². The topological polar surface area (TPSA) is 8.81 Å². The van der Waals surface area contributed by atoms with Crippen LogP contribution in [0.2, 0.25) is 0 Å². The standard InChI is InChI=1S/C35H29N2/c1-22-19-23(2)24(3)32(20-22)35-31-15-13-25-21-26(14-16-27(25)28(31)17-18-36(35)4)37-33-11-7-5-9-29(33)30-10-6-8-12-34(30)37/h5-21H,1-4H3/q+1. The van der Waals surface area contributed by atoms with Gasteiger partial charge in [-0.05, 0) is 79.1 Å². The highest BCUT2D eigenvalue weighted by atomic mass is 15.0. The lowest BCUT2D eigenvalue weighted by Crippen LogP contribution is -2.30. The van der Waals surface area contributed by atoms with E-state index in [0.717, 1.165) is 0 Å². The molecular formula is C35H29N2+. The highest BCUT2D eigenvalue weighted by molar-refractivity contribution is 6.12. The van der Waals surface area contributed by atoms with Gasteiger partial charge < -0.3 is 4.57 Å². The van der Waals surface area contributed by atoms with E-state index >= 15 is 0 Å². The molecule has 37 heavy (non-hydrogen) atoms. The molecular weight excluding hydrogens is 448 g/mol. The van der Waals surface area contributed by atoms with Crippen LogP contribution >= 0.6 is 0 Å². The van der Waals surface area contributed by atoms with Crippen molar-refractivity contribution < 1.29 is 4.57 Å². The molecule has 2 heterocycles. The first kappa shape index (κ1) is 21.8. The van der Waals surface area contributed by atoms with E-state index in [2.05, 4.69) is 140 Å². The summed E-state index contributed by atoms with van der Waals surface area (Å²) >= 11 is 0. The second-order valence-corrected chi connectivity index (χ2v) is 10.3. The van der Waals surface area contributed by atoms with Crippen LogP contribution in [0.4, 0.5) is 0 Å². The van der Waals surface area contributed by atoms with Crippen molar-refractivity contribution in [2.24, 2.45) is 7.05 Å². The molecule has 5 aromatic carbocycles. The summed E-state index contributed by atoms with van der Waals surface area (Å²) < 4.78 is 4.66. The van der Waals surface area contributed by atoms with E-state index in [4.69, 9.17) is 0 Å². The van der Waals surface area contributed by atoms with Gasteiger partial charge >= 0.3 is 0 Å². The van der Waals surface area contributed by atoms with Gasteiger partial charge in [-0.3, -0.25) is 0 Å². The Morgan fingerprint density at radius 2 is 1.27 bits per heavy atom. The summed E-state index contributed by atoms with van der Waals surface area (Å²) in [5.74, 6) is 0. The van der Waals surface area contributed by atoms with Crippen molar-refractivity contribution in [3.63, 3.8) is 0 Å². The molecule has 0 fully saturated rings. The van der Waals surface area contributed by atoms with Gasteiger partial charge in [0.25, 0.3) is 0 Å². The van der Waals surface area contributed by atoms with Gasteiger partial charge in [-0.25, -0.2) is 4.57 Å². The lowest BCUT2D eigenvalue weighted by molar-refractivity contribution is -0.659. The summed E-state index contributed by atoms with van der Waals surface area (Å²) in [7, 11) is 2.15. The molecule has 0 atom stereocenters. The van der Waals surface area contributed by atoms with Gasteiger partial charge in [0.2, 0.25) is 5.69 Å². The number of rotatable bonds is 2. The number of nitrogens with zero attached hydrogens (tertiary/aromatic N) is 2. The van der Waals surface area contributed by atoms with Crippen LogP contribution < -0.4 is 4.57 Å². The Balaban J connectivity index is 1.49. The van der Waals surface area contributed by atoms with E-state index < -0.39 is 0 Å². The van der Waals surface area contributed by atoms with Crippen molar-refractivity contribution in [2.45, 2.75) is 20.8 Å². The summed E-state index contributed by atoms with van der Waals surface area (Å²) in [4.78, 5) is 0. The number of para-hydroxylation sites is 2. The number of fused-ring (bicyclic) bond motifs is 6. The molecule has 0 aliphatic heterocycles. The number of aromatic nitrogens is 2. The highest BCUT2D eigenvalue weighted by Crippen LogP contribution is 2.36. The third-order valence-electron chi connectivity index (χ3n) is 8.02. The molecule has 0 N–H and O–H groups in total. The Bertz CT molecular complexity index is 1970. The largest absolute Gasteiger partial charge is 0.309 e. The van der Waals surface area contributed by atoms with Gasteiger partial charge in [0.15, 0.2) is 6.20 Å². The lowest BCUT2D eigenvalue weighted by Gasteiger charge is -2.13. The molecule has 0 spiro atoms. The number of aryl methyl sites for hydroxylation is 3. The molecule has 2 heteroatoms. The fourth-order valence-electron chi connectivity index (χ4n) is 6.14. The zero-order valence-electron chi connectivity index (χ0n) is 21.7. The second-order valence-electron chi connectivity index (χ2n) is 10.3. The van der Waals surface area contributed by atoms with Crippen LogP contribution in [-0.4, -0.2) is 4.57 Å². The summed E-state index contributed by atoms with van der Waals surface area (Å²) in [6.07, 6.45) is 2.20. The summed E-state index contributed by atoms with van der Waals surface area (Å²) in [6, 6.07) is 35.8. The van der Waals surface area contributed by atoms with Crippen molar-refractivity contribution in [3.05, 3.63) is 120 Å². The first-order valence-corrected chi connectivity index (χ1v) is 12.9. The Labute approximate surface area is 217 Å². The SMILES string of the molecule is Cc1cc(C)c(C)c(-c2c3ccc4cc(-n5c6ccccc6c6ccccc65)ccc4c3cc[n+]2C)c1. The smallest absolute Gasteiger partial charge is 0.220 e. The average molecular weight is 478 g/mol. The Kier molecular flexibility index (Phi) is 4.74. The number of hydrogen-bond acceptors (Lipinski definition) is 0. The average Bonchev–Trinajstić information content (AvgIpc) is 3.25. The number of hydrogen-bond donors (Lipinski definition) is 0. The molecule has 0 aliphatic carbocycles. The van der Waals surface area contributed by atoms with Gasteiger partial charge in [-0.2, -0.15) is 0 Å². The van der Waals surface area contributed by atoms with Crippen molar-refractivity contribution >= 4 is 43.4 Å². The van der Waals surface area contributed by atoms with Gasteiger partial charge in [0.1, 0.15) is 7.05 Å². The molecule has 2 nitrogen and oxygen atoms in total. The number of pyridine rings is 1. The highest BCUT2D eigenvalue weighted by Gasteiger charge is 2.20. The molecule has 0 unspecified atom stereocenters. The maximum atomic E-state index is 2.39. The predicted octanol–water partition coefficient (Wildman–Crippen LogP) is 8.51. The second kappa shape index (κ2) is 8.04. The molecule has 0 aliphatic rings. The van der Waals surface area contributed by atoms with Gasteiger partial charge in [-0.1, -0.05) is 60.2 Å². The van der Waals surface area contributed by atoms with E-state index in [-0.39, 0.29) is 0 Å². The molecule has 178 valence electrons. The van der Waals surface area contributed by atoms with Crippen LogP contribution in [0.3, 0.4) is 0 Å². The number of benzene rings is 5. The molecule has 2 aromatic heterocycles. The Morgan fingerprint density at radius 1 is 0.595 bits per heavy atom. The van der Waals surface area contributed by atoms with Crippen molar-refractivity contribution in [1.82, 2.24) is 4.57 Å².